The molecule has 6 heteroatoms. The standard InChI is InChI=1S/C15H23ClN4O/c1-19-6-5-11(8-19)9-20(2)10-15(21)18-14-7-12(17)3-4-13(14)16/h3-4,7,11H,5-6,8-10,17H2,1-2H3,(H,18,21). The number of anilines is 2. The minimum Gasteiger partial charge on any atom is -0.399 e. The second kappa shape index (κ2) is 7.11. The number of carbonyl (C=O) groups is 1. The lowest BCUT2D eigenvalue weighted by Gasteiger charge is -2.20. The number of hydrogen-bond acceptors (Lipinski definition) is 4. The Kier molecular flexibility index (Phi) is 5.45. The highest BCUT2D eigenvalue weighted by Gasteiger charge is 2.21. The van der Waals surface area contributed by atoms with E-state index in [-0.39, 0.29) is 5.91 Å². The molecule has 0 bridgehead atoms. The van der Waals surface area contributed by atoms with Crippen LogP contribution in [0.25, 0.3) is 0 Å². The van der Waals surface area contributed by atoms with Crippen molar-refractivity contribution in [2.24, 2.45) is 5.92 Å². The lowest BCUT2D eigenvalue weighted by Crippen LogP contribution is -2.34. The first kappa shape index (κ1) is 16.1. The van der Waals surface area contributed by atoms with Crippen molar-refractivity contribution in [1.82, 2.24) is 9.80 Å². The van der Waals surface area contributed by atoms with Crippen LogP contribution in [0.1, 0.15) is 6.42 Å². The Balaban J connectivity index is 1.82. The van der Waals surface area contributed by atoms with Gasteiger partial charge in [0.05, 0.1) is 17.3 Å². The number of likely N-dealkylation sites (tertiary alicyclic amines) is 1. The van der Waals surface area contributed by atoms with Gasteiger partial charge in [-0.1, -0.05) is 11.6 Å². The fourth-order valence-electron chi connectivity index (χ4n) is 2.75. The van der Waals surface area contributed by atoms with E-state index in [4.69, 9.17) is 17.3 Å². The van der Waals surface area contributed by atoms with E-state index < -0.39 is 0 Å². The van der Waals surface area contributed by atoms with Crippen molar-refractivity contribution in [2.75, 3.05) is 51.3 Å². The molecule has 0 saturated carbocycles. The van der Waals surface area contributed by atoms with E-state index in [1.54, 1.807) is 18.2 Å². The van der Waals surface area contributed by atoms with E-state index >= 15 is 0 Å². The van der Waals surface area contributed by atoms with Gasteiger partial charge in [-0.15, -0.1) is 0 Å². The number of nitrogen functional groups attached to an aromatic ring is 1. The maximum absolute atomic E-state index is 12.1. The summed E-state index contributed by atoms with van der Waals surface area (Å²) in [7, 11) is 4.10. The lowest BCUT2D eigenvalue weighted by molar-refractivity contribution is -0.117. The Morgan fingerprint density at radius 1 is 1.57 bits per heavy atom. The third-order valence-electron chi connectivity index (χ3n) is 3.74. The molecule has 21 heavy (non-hydrogen) atoms. The van der Waals surface area contributed by atoms with Crippen molar-refractivity contribution < 1.29 is 4.79 Å². The first-order valence-electron chi connectivity index (χ1n) is 7.16. The van der Waals surface area contributed by atoms with Gasteiger partial charge in [-0.05, 0) is 51.2 Å². The molecule has 0 aliphatic carbocycles. The maximum Gasteiger partial charge on any atom is 0.238 e. The Morgan fingerprint density at radius 2 is 2.33 bits per heavy atom. The number of benzene rings is 1. The molecule has 1 aliphatic heterocycles. The molecule has 2 rings (SSSR count). The monoisotopic (exact) mass is 310 g/mol. The summed E-state index contributed by atoms with van der Waals surface area (Å²) in [5.41, 5.74) is 6.85. The number of carbonyl (C=O) groups excluding carboxylic acids is 1. The van der Waals surface area contributed by atoms with Crippen LogP contribution < -0.4 is 11.1 Å². The van der Waals surface area contributed by atoms with Gasteiger partial charge in [-0.2, -0.15) is 0 Å². The van der Waals surface area contributed by atoms with Crippen LogP contribution in [0.4, 0.5) is 11.4 Å². The number of amides is 1. The molecule has 0 spiro atoms. The highest BCUT2D eigenvalue weighted by Crippen LogP contribution is 2.24. The highest BCUT2D eigenvalue weighted by molar-refractivity contribution is 6.33. The maximum atomic E-state index is 12.1. The zero-order chi connectivity index (χ0) is 15.4. The van der Waals surface area contributed by atoms with Crippen LogP contribution >= 0.6 is 11.6 Å². The van der Waals surface area contributed by atoms with E-state index in [1.807, 2.05) is 7.05 Å². The van der Waals surface area contributed by atoms with Crippen LogP contribution in [0, 0.1) is 5.92 Å². The van der Waals surface area contributed by atoms with Crippen molar-refractivity contribution in [3.05, 3.63) is 23.2 Å². The molecule has 0 radical (unpaired) electrons. The lowest BCUT2D eigenvalue weighted by atomic mass is 10.1. The van der Waals surface area contributed by atoms with Crippen LogP contribution in [-0.4, -0.2) is 56.0 Å². The molecule has 1 saturated heterocycles. The van der Waals surface area contributed by atoms with E-state index in [0.29, 0.717) is 28.9 Å². The molecule has 3 N–H and O–H groups in total. The largest absolute Gasteiger partial charge is 0.399 e. The molecule has 1 unspecified atom stereocenters. The zero-order valence-corrected chi connectivity index (χ0v) is 13.4. The molecule has 1 aromatic carbocycles. The van der Waals surface area contributed by atoms with E-state index in [0.717, 1.165) is 19.6 Å². The fraction of sp³-hybridized carbons (Fsp3) is 0.533. The van der Waals surface area contributed by atoms with Crippen LogP contribution in [-0.2, 0) is 4.79 Å². The molecule has 5 nitrogen and oxygen atoms in total. The van der Waals surface area contributed by atoms with Gasteiger partial charge in [0.25, 0.3) is 0 Å². The molecule has 1 amide bonds. The third-order valence-corrected chi connectivity index (χ3v) is 4.07. The predicted octanol–water partition coefficient (Wildman–Crippen LogP) is 1.74. The summed E-state index contributed by atoms with van der Waals surface area (Å²) in [4.78, 5) is 16.4. The number of halogens is 1. The summed E-state index contributed by atoms with van der Waals surface area (Å²) < 4.78 is 0. The molecule has 1 aromatic rings. The van der Waals surface area contributed by atoms with Crippen LogP contribution in [0.15, 0.2) is 18.2 Å². The summed E-state index contributed by atoms with van der Waals surface area (Å²) in [6, 6.07) is 5.07. The Bertz CT molecular complexity index is 508. The summed E-state index contributed by atoms with van der Waals surface area (Å²) in [5, 5.41) is 3.31. The molecule has 1 heterocycles. The highest BCUT2D eigenvalue weighted by atomic mass is 35.5. The van der Waals surface area contributed by atoms with E-state index in [9.17, 15) is 4.79 Å². The molecular formula is C15H23ClN4O. The number of likely N-dealkylation sites (N-methyl/N-ethyl adjacent to an activating group) is 1. The molecular weight excluding hydrogens is 288 g/mol. The minimum atomic E-state index is -0.0728. The van der Waals surface area contributed by atoms with Gasteiger partial charge in [0.15, 0.2) is 0 Å². The first-order valence-corrected chi connectivity index (χ1v) is 7.54. The smallest absolute Gasteiger partial charge is 0.238 e. The number of nitrogens with one attached hydrogen (secondary N) is 1. The van der Waals surface area contributed by atoms with Gasteiger partial charge in [0.1, 0.15) is 0 Å². The van der Waals surface area contributed by atoms with Crippen LogP contribution in [0.2, 0.25) is 5.02 Å². The molecule has 116 valence electrons. The second-order valence-corrected chi connectivity index (χ2v) is 6.31. The predicted molar refractivity (Wildman–Crippen MR) is 87.6 cm³/mol. The fourth-order valence-corrected chi connectivity index (χ4v) is 2.92. The van der Waals surface area contributed by atoms with Crippen molar-refractivity contribution in [3.8, 4) is 0 Å². The van der Waals surface area contributed by atoms with Crippen molar-refractivity contribution in [3.63, 3.8) is 0 Å². The summed E-state index contributed by atoms with van der Waals surface area (Å²) in [6.45, 7) is 3.53. The molecule has 0 aromatic heterocycles. The van der Waals surface area contributed by atoms with Crippen LogP contribution in [0.3, 0.4) is 0 Å². The third kappa shape index (κ3) is 4.88. The Morgan fingerprint density at radius 3 is 3.00 bits per heavy atom. The van der Waals surface area contributed by atoms with Crippen molar-refractivity contribution in [1.29, 1.82) is 0 Å². The number of rotatable bonds is 5. The van der Waals surface area contributed by atoms with Gasteiger partial charge < -0.3 is 16.0 Å². The average molecular weight is 311 g/mol. The summed E-state index contributed by atoms with van der Waals surface area (Å²) in [6.07, 6.45) is 1.20. The summed E-state index contributed by atoms with van der Waals surface area (Å²) in [5.74, 6) is 0.570. The quantitative estimate of drug-likeness (QED) is 0.813. The Hall–Kier alpha value is -1.30. The normalized spacial score (nSPS) is 19.1. The zero-order valence-electron chi connectivity index (χ0n) is 12.6. The SMILES string of the molecule is CN1CCC(CN(C)CC(=O)Nc2cc(N)ccc2Cl)C1. The van der Waals surface area contributed by atoms with Gasteiger partial charge in [-0.3, -0.25) is 9.69 Å². The molecule has 1 aliphatic rings. The van der Waals surface area contributed by atoms with Gasteiger partial charge >= 0.3 is 0 Å². The topological polar surface area (TPSA) is 61.6 Å². The molecule has 1 fully saturated rings. The van der Waals surface area contributed by atoms with Crippen molar-refractivity contribution >= 4 is 28.9 Å². The first-order chi connectivity index (χ1) is 9.94. The minimum absolute atomic E-state index is 0.0728. The van der Waals surface area contributed by atoms with Gasteiger partial charge in [0, 0.05) is 18.8 Å². The average Bonchev–Trinajstić information content (AvgIpc) is 2.79. The second-order valence-electron chi connectivity index (χ2n) is 5.90. The van der Waals surface area contributed by atoms with Crippen LogP contribution in [0.5, 0.6) is 0 Å². The van der Waals surface area contributed by atoms with E-state index in [1.165, 1.54) is 6.42 Å². The van der Waals surface area contributed by atoms with E-state index in [2.05, 4.69) is 22.2 Å². The van der Waals surface area contributed by atoms with Crippen molar-refractivity contribution in [2.45, 2.75) is 6.42 Å². The summed E-state index contributed by atoms with van der Waals surface area (Å²) >= 11 is 6.04. The number of hydrogen-bond donors (Lipinski definition) is 2. The Labute approximate surface area is 131 Å². The van der Waals surface area contributed by atoms with Gasteiger partial charge in [-0.25, -0.2) is 0 Å². The van der Waals surface area contributed by atoms with Gasteiger partial charge in [0.2, 0.25) is 5.91 Å². The molecule has 1 atom stereocenters. The number of nitrogens with two attached hydrogens (primary N) is 1. The number of nitrogens with zero attached hydrogens (tertiary/aromatic N) is 2.